The molecule has 1 saturated heterocycles. The quantitative estimate of drug-likeness (QED) is 0.0673. The van der Waals surface area contributed by atoms with E-state index in [9.17, 15) is 19.1 Å². The van der Waals surface area contributed by atoms with Gasteiger partial charge in [-0.2, -0.15) is 0 Å². The Balaban J connectivity index is 1.45. The normalized spacial score (nSPS) is 16.3. The fourth-order valence-corrected chi connectivity index (χ4v) is 6.83. The molecule has 1 aliphatic rings. The Kier molecular flexibility index (Phi) is 7.96. The van der Waals surface area contributed by atoms with Crippen LogP contribution in [0.2, 0.25) is 0 Å². The molecule has 1 aliphatic heterocycles. The Hall–Kier alpha value is -4.55. The number of aliphatic hydroxyl groups is 1. The van der Waals surface area contributed by atoms with Crippen LogP contribution in [0.1, 0.15) is 41.9 Å². The molecule has 0 bridgehead atoms. The summed E-state index contributed by atoms with van der Waals surface area (Å²) in [5.74, 6) is -1.50. The minimum atomic E-state index is -1.02. The molecule has 0 saturated carbocycles. The molecular weight excluding hydrogens is 590 g/mol. The number of thioether (sulfide) groups is 1. The third-order valence-corrected chi connectivity index (χ3v) is 9.04. The second-order valence-electron chi connectivity index (χ2n) is 9.80. The summed E-state index contributed by atoms with van der Waals surface area (Å²) in [5.41, 5.74) is 2.37. The lowest BCUT2D eigenvalue weighted by Crippen LogP contribution is -2.29. The van der Waals surface area contributed by atoms with Crippen molar-refractivity contribution in [2.24, 2.45) is 0 Å². The molecule has 6 rings (SSSR count). The van der Waals surface area contributed by atoms with Gasteiger partial charge < -0.3 is 9.84 Å². The number of benzene rings is 2. The number of pyridine rings is 1. The van der Waals surface area contributed by atoms with Crippen molar-refractivity contribution in [1.82, 2.24) is 19.6 Å². The molecule has 43 heavy (non-hydrogen) atoms. The van der Waals surface area contributed by atoms with Gasteiger partial charge in [0.15, 0.2) is 10.1 Å². The van der Waals surface area contributed by atoms with Gasteiger partial charge in [-0.05, 0) is 54.8 Å². The Morgan fingerprint density at radius 3 is 2.72 bits per heavy atom. The van der Waals surface area contributed by atoms with E-state index in [0.29, 0.717) is 50.6 Å². The SMILES string of the molecule is CCCOc1cccc(C2/C(=C(\O)c3c(C)nc4ccccn34)C(=O)C(=O)N2c2nnc(SCc3ccccc3F)s2)c1. The lowest BCUT2D eigenvalue weighted by Gasteiger charge is -2.23. The largest absolute Gasteiger partial charge is 0.505 e. The number of ketones is 1. The van der Waals surface area contributed by atoms with Gasteiger partial charge in [0.05, 0.1) is 23.9 Å². The first kappa shape index (κ1) is 28.6. The minimum Gasteiger partial charge on any atom is -0.505 e. The number of carbonyl (C=O) groups excluding carboxylic acids is 2. The van der Waals surface area contributed by atoms with Crippen molar-refractivity contribution >= 4 is 51.3 Å². The molecule has 0 aliphatic carbocycles. The van der Waals surface area contributed by atoms with Crippen molar-refractivity contribution in [3.63, 3.8) is 0 Å². The smallest absolute Gasteiger partial charge is 0.301 e. The highest BCUT2D eigenvalue weighted by atomic mass is 32.2. The zero-order chi connectivity index (χ0) is 30.1. The first-order valence-electron chi connectivity index (χ1n) is 13.5. The van der Waals surface area contributed by atoms with Gasteiger partial charge in [0.25, 0.3) is 5.78 Å². The van der Waals surface area contributed by atoms with Gasteiger partial charge in [-0.1, -0.05) is 66.4 Å². The number of aromatic nitrogens is 4. The molecule has 5 aromatic rings. The maximum atomic E-state index is 14.2. The number of fused-ring (bicyclic) bond motifs is 1. The number of ether oxygens (including phenoxy) is 1. The van der Waals surface area contributed by atoms with Crippen molar-refractivity contribution < 1.29 is 23.8 Å². The summed E-state index contributed by atoms with van der Waals surface area (Å²) in [5, 5.41) is 20.4. The third-order valence-electron chi connectivity index (χ3n) is 6.93. The molecule has 0 spiro atoms. The van der Waals surface area contributed by atoms with Crippen molar-refractivity contribution in [1.29, 1.82) is 0 Å². The van der Waals surface area contributed by atoms with Crippen LogP contribution in [-0.2, 0) is 15.3 Å². The Labute approximate surface area is 254 Å². The minimum absolute atomic E-state index is 0.0952. The van der Waals surface area contributed by atoms with Crippen LogP contribution in [0.4, 0.5) is 9.52 Å². The van der Waals surface area contributed by atoms with E-state index in [1.807, 2.05) is 13.0 Å². The van der Waals surface area contributed by atoms with E-state index >= 15 is 0 Å². The number of aliphatic hydroxyl groups excluding tert-OH is 1. The van der Waals surface area contributed by atoms with E-state index in [1.54, 1.807) is 72.1 Å². The van der Waals surface area contributed by atoms with Gasteiger partial charge in [-0.3, -0.25) is 18.9 Å². The summed E-state index contributed by atoms with van der Waals surface area (Å²) < 4.78 is 22.2. The number of aryl methyl sites for hydroxylation is 1. The molecule has 9 nitrogen and oxygen atoms in total. The lowest BCUT2D eigenvalue weighted by atomic mass is 9.96. The van der Waals surface area contributed by atoms with Crippen LogP contribution in [0.5, 0.6) is 5.75 Å². The fourth-order valence-electron chi connectivity index (χ4n) is 4.98. The van der Waals surface area contributed by atoms with Crippen molar-refractivity contribution in [3.8, 4) is 5.75 Å². The number of halogens is 1. The highest BCUT2D eigenvalue weighted by Gasteiger charge is 2.49. The highest BCUT2D eigenvalue weighted by molar-refractivity contribution is 8.00. The van der Waals surface area contributed by atoms with E-state index in [0.717, 1.165) is 17.8 Å². The highest BCUT2D eigenvalue weighted by Crippen LogP contribution is 2.45. The molecule has 1 unspecified atom stereocenters. The topological polar surface area (TPSA) is 110 Å². The summed E-state index contributed by atoms with van der Waals surface area (Å²) in [4.78, 5) is 33.2. The fraction of sp³-hybridized carbons (Fsp3) is 0.194. The average Bonchev–Trinajstić information content (AvgIpc) is 3.69. The molecule has 2 aromatic carbocycles. The summed E-state index contributed by atoms with van der Waals surface area (Å²) in [6.45, 7) is 4.22. The van der Waals surface area contributed by atoms with Gasteiger partial charge in [0.1, 0.15) is 22.9 Å². The lowest BCUT2D eigenvalue weighted by molar-refractivity contribution is -0.132. The molecule has 12 heteroatoms. The molecule has 1 atom stereocenters. The van der Waals surface area contributed by atoms with E-state index < -0.39 is 17.7 Å². The number of amides is 1. The number of Topliss-reactive ketones (excluding diaryl/α,β-unsaturated/α-hetero) is 1. The molecule has 1 N–H and O–H groups in total. The van der Waals surface area contributed by atoms with Crippen molar-refractivity contribution in [2.45, 2.75) is 36.4 Å². The third kappa shape index (κ3) is 5.39. The number of nitrogens with zero attached hydrogens (tertiary/aromatic N) is 5. The Morgan fingerprint density at radius 1 is 1.09 bits per heavy atom. The zero-order valence-electron chi connectivity index (χ0n) is 23.2. The molecule has 3 aromatic heterocycles. The van der Waals surface area contributed by atoms with Gasteiger partial charge in [-0.25, -0.2) is 9.37 Å². The predicted octanol–water partition coefficient (Wildman–Crippen LogP) is 6.34. The first-order valence-corrected chi connectivity index (χ1v) is 15.3. The number of carbonyl (C=O) groups is 2. The van der Waals surface area contributed by atoms with E-state index in [4.69, 9.17) is 4.74 Å². The number of hydrogen-bond acceptors (Lipinski definition) is 9. The maximum absolute atomic E-state index is 14.2. The molecule has 4 heterocycles. The molecule has 1 fully saturated rings. The number of anilines is 1. The van der Waals surface area contributed by atoms with E-state index in [-0.39, 0.29) is 22.3 Å². The van der Waals surface area contributed by atoms with Crippen LogP contribution in [0, 0.1) is 12.7 Å². The van der Waals surface area contributed by atoms with Crippen LogP contribution in [0.25, 0.3) is 11.4 Å². The molecule has 0 radical (unpaired) electrons. The Bertz CT molecular complexity index is 1880. The summed E-state index contributed by atoms with van der Waals surface area (Å²) in [7, 11) is 0. The predicted molar refractivity (Wildman–Crippen MR) is 163 cm³/mol. The van der Waals surface area contributed by atoms with Gasteiger partial charge in [0.2, 0.25) is 5.13 Å². The second-order valence-corrected chi connectivity index (χ2v) is 12.0. The molecular formula is C31H26FN5O4S2. The second kappa shape index (κ2) is 12.0. The van der Waals surface area contributed by atoms with Gasteiger partial charge >= 0.3 is 5.91 Å². The monoisotopic (exact) mass is 615 g/mol. The van der Waals surface area contributed by atoms with Crippen molar-refractivity contribution in [2.75, 3.05) is 11.5 Å². The van der Waals surface area contributed by atoms with Gasteiger partial charge in [-0.15, -0.1) is 10.2 Å². The van der Waals surface area contributed by atoms with Crippen LogP contribution in [0.3, 0.4) is 0 Å². The summed E-state index contributed by atoms with van der Waals surface area (Å²) >= 11 is 2.39. The van der Waals surface area contributed by atoms with Crippen molar-refractivity contribution in [3.05, 3.63) is 107 Å². The van der Waals surface area contributed by atoms with E-state index in [2.05, 4.69) is 15.2 Å². The van der Waals surface area contributed by atoms with Crippen LogP contribution in [-0.4, -0.2) is 43.0 Å². The maximum Gasteiger partial charge on any atom is 0.301 e. The molecule has 218 valence electrons. The van der Waals surface area contributed by atoms with Crippen LogP contribution < -0.4 is 9.64 Å². The zero-order valence-corrected chi connectivity index (χ0v) is 24.9. The van der Waals surface area contributed by atoms with Crippen LogP contribution in [0.15, 0.2) is 82.8 Å². The number of hydrogen-bond donors (Lipinski definition) is 1. The summed E-state index contributed by atoms with van der Waals surface area (Å²) in [6.07, 6.45) is 2.53. The van der Waals surface area contributed by atoms with Gasteiger partial charge in [0, 0.05) is 11.9 Å². The Morgan fingerprint density at radius 2 is 1.91 bits per heavy atom. The first-order chi connectivity index (χ1) is 20.9. The number of rotatable bonds is 9. The van der Waals surface area contributed by atoms with E-state index in [1.165, 1.54) is 22.7 Å². The number of imidazole rings is 1. The molecule has 1 amide bonds. The average molecular weight is 616 g/mol. The van der Waals surface area contributed by atoms with Crippen LogP contribution >= 0.6 is 23.1 Å². The summed E-state index contributed by atoms with van der Waals surface area (Å²) in [6, 6.07) is 17.9. The standard InChI is InChI=1S/C31H26FN5O4S2/c1-3-15-41-21-11-8-10-19(16-21)26-24(27(38)25-18(2)33-23-13-6-7-14-36(23)25)28(39)29(40)37(26)30-34-35-31(43-30)42-17-20-9-4-5-12-22(20)32/h4-14,16,26,38H,3,15,17H2,1-2H3/b27-24+.